The van der Waals surface area contributed by atoms with Gasteiger partial charge in [0.1, 0.15) is 5.82 Å². The summed E-state index contributed by atoms with van der Waals surface area (Å²) in [5, 5.41) is 3.37. The zero-order valence-electron chi connectivity index (χ0n) is 9.62. The van der Waals surface area contributed by atoms with Crippen LogP contribution in [-0.2, 0) is 0 Å². The van der Waals surface area contributed by atoms with E-state index >= 15 is 0 Å². The molecule has 0 aliphatic heterocycles. The van der Waals surface area contributed by atoms with Gasteiger partial charge in [0, 0.05) is 6.04 Å². The lowest BCUT2D eigenvalue weighted by Crippen LogP contribution is -2.20. The lowest BCUT2D eigenvalue weighted by atomic mass is 9.97. The van der Waals surface area contributed by atoms with Crippen LogP contribution in [0.1, 0.15) is 30.9 Å². The third-order valence-corrected chi connectivity index (χ3v) is 4.38. The summed E-state index contributed by atoms with van der Waals surface area (Å²) in [5.41, 5.74) is 1.11. The molecule has 2 aliphatic rings. The van der Waals surface area contributed by atoms with Crippen molar-refractivity contribution in [2.24, 2.45) is 17.8 Å². The smallest absolute Gasteiger partial charge is 0.123 e. The minimum Gasteiger partial charge on any atom is -0.313 e. The summed E-state index contributed by atoms with van der Waals surface area (Å²) in [7, 11) is 1.99. The Bertz CT molecular complexity index is 380. The van der Waals surface area contributed by atoms with Gasteiger partial charge in [-0.1, -0.05) is 18.6 Å². The maximum Gasteiger partial charge on any atom is 0.123 e. The van der Waals surface area contributed by atoms with E-state index in [0.717, 1.165) is 23.3 Å². The van der Waals surface area contributed by atoms with Crippen molar-refractivity contribution in [3.63, 3.8) is 0 Å². The highest BCUT2D eigenvalue weighted by molar-refractivity contribution is 5.24. The molecule has 0 aromatic heterocycles. The van der Waals surface area contributed by atoms with Gasteiger partial charge in [0.25, 0.3) is 0 Å². The molecule has 0 amide bonds. The zero-order chi connectivity index (χ0) is 11.1. The van der Waals surface area contributed by atoms with E-state index in [2.05, 4.69) is 5.32 Å². The topological polar surface area (TPSA) is 12.0 Å². The van der Waals surface area contributed by atoms with Crippen LogP contribution in [0.3, 0.4) is 0 Å². The molecule has 2 aliphatic carbocycles. The fourth-order valence-electron chi connectivity index (χ4n) is 3.65. The third-order valence-electron chi connectivity index (χ3n) is 4.38. The van der Waals surface area contributed by atoms with E-state index in [-0.39, 0.29) is 5.82 Å². The molecular formula is C14H18FN. The van der Waals surface area contributed by atoms with Crippen molar-refractivity contribution in [2.75, 3.05) is 7.05 Å². The molecular weight excluding hydrogens is 201 g/mol. The van der Waals surface area contributed by atoms with Gasteiger partial charge in [-0.25, -0.2) is 4.39 Å². The van der Waals surface area contributed by atoms with E-state index in [0.29, 0.717) is 6.04 Å². The van der Waals surface area contributed by atoms with Gasteiger partial charge in [0.2, 0.25) is 0 Å². The number of hydrogen-bond acceptors (Lipinski definition) is 1. The highest BCUT2D eigenvalue weighted by Crippen LogP contribution is 2.62. The fraction of sp³-hybridized carbons (Fsp3) is 0.571. The predicted octanol–water partition coefficient (Wildman–Crippen LogP) is 3.13. The largest absolute Gasteiger partial charge is 0.313 e. The van der Waals surface area contributed by atoms with Gasteiger partial charge < -0.3 is 5.32 Å². The molecule has 3 atom stereocenters. The maximum atomic E-state index is 13.2. The highest BCUT2D eigenvalue weighted by Gasteiger charge is 2.55. The number of benzene rings is 1. The van der Waals surface area contributed by atoms with Gasteiger partial charge in [-0.3, -0.25) is 0 Å². The standard InChI is InChI=1S/C14H18FN/c1-16-14(9-4-2-5-10(15)8-9)13-11-6-3-7-12(11)13/h2,4-5,8,11-14,16H,3,6-7H2,1H3. The van der Waals surface area contributed by atoms with Gasteiger partial charge >= 0.3 is 0 Å². The highest BCUT2D eigenvalue weighted by atomic mass is 19.1. The summed E-state index contributed by atoms with van der Waals surface area (Å²) in [6, 6.07) is 7.40. The third kappa shape index (κ3) is 1.56. The normalized spacial score (nSPS) is 33.5. The van der Waals surface area contributed by atoms with Crippen molar-refractivity contribution in [3.05, 3.63) is 35.6 Å². The Morgan fingerprint density at radius 3 is 2.69 bits per heavy atom. The Labute approximate surface area is 96.1 Å². The molecule has 2 saturated carbocycles. The van der Waals surface area contributed by atoms with Gasteiger partial charge in [-0.05, 0) is 55.3 Å². The lowest BCUT2D eigenvalue weighted by Gasteiger charge is -2.18. The maximum absolute atomic E-state index is 13.2. The fourth-order valence-corrected chi connectivity index (χ4v) is 3.65. The van der Waals surface area contributed by atoms with Crippen molar-refractivity contribution in [1.29, 1.82) is 0 Å². The molecule has 0 heterocycles. The molecule has 3 rings (SSSR count). The Morgan fingerprint density at radius 1 is 1.31 bits per heavy atom. The minimum absolute atomic E-state index is 0.122. The second-order valence-corrected chi connectivity index (χ2v) is 5.16. The van der Waals surface area contributed by atoms with Crippen LogP contribution < -0.4 is 5.32 Å². The second kappa shape index (κ2) is 3.85. The van der Waals surface area contributed by atoms with E-state index < -0.39 is 0 Å². The quantitative estimate of drug-likeness (QED) is 0.823. The predicted molar refractivity (Wildman–Crippen MR) is 62.5 cm³/mol. The van der Waals surface area contributed by atoms with Crippen LogP contribution in [0.5, 0.6) is 0 Å². The molecule has 0 spiro atoms. The van der Waals surface area contributed by atoms with Crippen LogP contribution in [0.25, 0.3) is 0 Å². The first-order chi connectivity index (χ1) is 7.81. The lowest BCUT2D eigenvalue weighted by molar-refractivity contribution is 0.442. The Hall–Kier alpha value is -0.890. The van der Waals surface area contributed by atoms with E-state index in [1.165, 1.54) is 25.3 Å². The van der Waals surface area contributed by atoms with Crippen molar-refractivity contribution in [2.45, 2.75) is 25.3 Å². The average Bonchev–Trinajstić information content (AvgIpc) is 2.74. The second-order valence-electron chi connectivity index (χ2n) is 5.16. The van der Waals surface area contributed by atoms with Crippen LogP contribution in [0.15, 0.2) is 24.3 Å². The zero-order valence-corrected chi connectivity index (χ0v) is 9.62. The molecule has 0 radical (unpaired) electrons. The van der Waals surface area contributed by atoms with Crippen LogP contribution in [0.4, 0.5) is 4.39 Å². The van der Waals surface area contributed by atoms with Crippen molar-refractivity contribution < 1.29 is 4.39 Å². The van der Waals surface area contributed by atoms with E-state index in [4.69, 9.17) is 0 Å². The molecule has 16 heavy (non-hydrogen) atoms. The van der Waals surface area contributed by atoms with Gasteiger partial charge in [0.05, 0.1) is 0 Å². The summed E-state index contributed by atoms with van der Waals surface area (Å²) >= 11 is 0. The average molecular weight is 219 g/mol. The number of fused-ring (bicyclic) bond motifs is 1. The summed E-state index contributed by atoms with van der Waals surface area (Å²) in [4.78, 5) is 0. The number of hydrogen-bond donors (Lipinski definition) is 1. The van der Waals surface area contributed by atoms with Crippen LogP contribution in [-0.4, -0.2) is 7.05 Å². The summed E-state index contributed by atoms with van der Waals surface area (Å²) in [6.45, 7) is 0. The SMILES string of the molecule is CNC(c1cccc(F)c1)C1C2CCCC21. The van der Waals surface area contributed by atoms with Crippen molar-refractivity contribution >= 4 is 0 Å². The van der Waals surface area contributed by atoms with E-state index in [1.54, 1.807) is 6.07 Å². The Balaban J connectivity index is 1.81. The summed E-state index contributed by atoms with van der Waals surface area (Å²) in [5.74, 6) is 2.44. The molecule has 86 valence electrons. The molecule has 1 nitrogen and oxygen atoms in total. The summed E-state index contributed by atoms with van der Waals surface area (Å²) in [6.07, 6.45) is 4.15. The van der Waals surface area contributed by atoms with Gasteiger partial charge in [-0.2, -0.15) is 0 Å². The van der Waals surface area contributed by atoms with Gasteiger partial charge in [-0.15, -0.1) is 0 Å². The number of rotatable bonds is 3. The summed E-state index contributed by atoms with van der Waals surface area (Å²) < 4.78 is 13.2. The Morgan fingerprint density at radius 2 is 2.06 bits per heavy atom. The molecule has 2 heteroatoms. The molecule has 2 fully saturated rings. The van der Waals surface area contributed by atoms with Gasteiger partial charge in [0.15, 0.2) is 0 Å². The van der Waals surface area contributed by atoms with Crippen LogP contribution >= 0.6 is 0 Å². The molecule has 0 saturated heterocycles. The number of nitrogens with one attached hydrogen (secondary N) is 1. The molecule has 3 unspecified atom stereocenters. The minimum atomic E-state index is -0.122. The van der Waals surface area contributed by atoms with E-state index in [9.17, 15) is 4.39 Å². The first-order valence-corrected chi connectivity index (χ1v) is 6.24. The van der Waals surface area contributed by atoms with E-state index in [1.807, 2.05) is 19.2 Å². The van der Waals surface area contributed by atoms with Crippen molar-refractivity contribution in [3.8, 4) is 0 Å². The monoisotopic (exact) mass is 219 g/mol. The Kier molecular flexibility index (Phi) is 2.47. The first kappa shape index (κ1) is 10.3. The first-order valence-electron chi connectivity index (χ1n) is 6.24. The molecule has 1 aromatic rings. The van der Waals surface area contributed by atoms with Crippen LogP contribution in [0.2, 0.25) is 0 Å². The molecule has 1 N–H and O–H groups in total. The van der Waals surface area contributed by atoms with Crippen molar-refractivity contribution in [1.82, 2.24) is 5.32 Å². The molecule has 1 aromatic carbocycles. The molecule has 0 bridgehead atoms. The van der Waals surface area contributed by atoms with Crippen LogP contribution in [0, 0.1) is 23.6 Å². The number of halogens is 1.